The Morgan fingerprint density at radius 1 is 0.884 bits per heavy atom. The molecule has 2 aliphatic rings. The van der Waals surface area contributed by atoms with Crippen molar-refractivity contribution in [3.8, 4) is 0 Å². The summed E-state index contributed by atoms with van der Waals surface area (Å²) in [6.07, 6.45) is 1.06. The Hall–Kier alpha value is -4.43. The third-order valence-corrected chi connectivity index (χ3v) is 8.87. The van der Waals surface area contributed by atoms with Crippen LogP contribution in [0.15, 0.2) is 83.7 Å². The summed E-state index contributed by atoms with van der Waals surface area (Å²) in [6.45, 7) is 8.98. The number of aryl methyl sites for hydroxylation is 3. The van der Waals surface area contributed by atoms with Gasteiger partial charge in [-0.2, -0.15) is 0 Å². The minimum Gasteiger partial charge on any atom is -0.369 e. The number of benzene rings is 3. The van der Waals surface area contributed by atoms with Gasteiger partial charge in [-0.1, -0.05) is 42.0 Å². The highest BCUT2D eigenvalue weighted by Crippen LogP contribution is 2.39. The lowest BCUT2D eigenvalue weighted by Gasteiger charge is -2.44. The van der Waals surface area contributed by atoms with Crippen LogP contribution in [0.1, 0.15) is 50.6 Å². The zero-order valence-corrected chi connectivity index (χ0v) is 25.6. The van der Waals surface area contributed by atoms with E-state index in [-0.39, 0.29) is 17.4 Å². The molecule has 8 heteroatoms. The Morgan fingerprint density at radius 2 is 1.70 bits per heavy atom. The molecule has 2 bridgehead atoms. The summed E-state index contributed by atoms with van der Waals surface area (Å²) in [5.74, 6) is 0.469. The minimum atomic E-state index is -0.146. The van der Waals surface area contributed by atoms with Crippen molar-refractivity contribution in [2.24, 2.45) is 5.92 Å². The zero-order chi connectivity index (χ0) is 30.1. The van der Waals surface area contributed by atoms with Crippen LogP contribution in [0.3, 0.4) is 0 Å². The Bertz CT molecular complexity index is 1750. The summed E-state index contributed by atoms with van der Waals surface area (Å²) >= 11 is 5.76. The van der Waals surface area contributed by atoms with Crippen LogP contribution in [-0.4, -0.2) is 28.7 Å². The maximum absolute atomic E-state index is 13.3. The molecule has 0 spiro atoms. The van der Waals surface area contributed by atoms with Crippen molar-refractivity contribution in [1.82, 2.24) is 9.88 Å². The van der Waals surface area contributed by atoms with E-state index < -0.39 is 0 Å². The number of rotatable bonds is 6. The van der Waals surface area contributed by atoms with Crippen molar-refractivity contribution in [3.63, 3.8) is 0 Å². The molecule has 0 radical (unpaired) electrons. The second-order valence-corrected chi connectivity index (χ2v) is 12.3. The van der Waals surface area contributed by atoms with Gasteiger partial charge in [-0.25, -0.2) is 0 Å². The first-order valence-corrected chi connectivity index (χ1v) is 15.2. The monoisotopic (exact) mass is 591 g/mol. The fourth-order valence-electron chi connectivity index (χ4n) is 6.24. The fourth-order valence-corrected chi connectivity index (χ4v) is 6.47. The molecule has 0 aliphatic carbocycles. The molecular weight excluding hydrogens is 554 g/mol. The SMILES string of the molecule is Cc1ccc(CNC(=O)c2ccc(N3CC4CC(C3)c3cccc(=O)n3C4)c(NC(=S)Nc3ccc(C)c(C)c3)c2)cc1. The average Bonchev–Trinajstić information content (AvgIpc) is 2.99. The van der Waals surface area contributed by atoms with Crippen LogP contribution in [-0.2, 0) is 13.1 Å². The smallest absolute Gasteiger partial charge is 0.251 e. The molecule has 3 aromatic carbocycles. The van der Waals surface area contributed by atoms with Crippen LogP contribution >= 0.6 is 12.2 Å². The third-order valence-electron chi connectivity index (χ3n) is 8.67. The summed E-state index contributed by atoms with van der Waals surface area (Å²) in [5, 5.41) is 10.2. The van der Waals surface area contributed by atoms with Crippen molar-refractivity contribution < 1.29 is 4.79 Å². The largest absolute Gasteiger partial charge is 0.369 e. The predicted octanol–water partition coefficient (Wildman–Crippen LogP) is 6.14. The number of nitrogens with zero attached hydrogens (tertiary/aromatic N) is 2. The maximum Gasteiger partial charge on any atom is 0.251 e. The summed E-state index contributed by atoms with van der Waals surface area (Å²) in [5.41, 5.74) is 9.03. The summed E-state index contributed by atoms with van der Waals surface area (Å²) < 4.78 is 1.94. The van der Waals surface area contributed by atoms with Gasteiger partial charge < -0.3 is 25.4 Å². The fraction of sp³-hybridized carbons (Fsp3) is 0.286. The van der Waals surface area contributed by atoms with E-state index in [4.69, 9.17) is 12.2 Å². The molecule has 3 N–H and O–H groups in total. The summed E-state index contributed by atoms with van der Waals surface area (Å²) in [7, 11) is 0. The lowest BCUT2D eigenvalue weighted by Crippen LogP contribution is -2.47. The van der Waals surface area contributed by atoms with Gasteiger partial charge in [0, 0.05) is 55.1 Å². The van der Waals surface area contributed by atoms with Gasteiger partial charge >= 0.3 is 0 Å². The molecule has 2 unspecified atom stereocenters. The molecule has 7 nitrogen and oxygen atoms in total. The molecule has 0 saturated carbocycles. The van der Waals surface area contributed by atoms with Gasteiger partial charge in [0.1, 0.15) is 0 Å². The lowest BCUT2D eigenvalue weighted by atomic mass is 9.83. The van der Waals surface area contributed by atoms with Gasteiger partial charge in [0.2, 0.25) is 0 Å². The van der Waals surface area contributed by atoms with Crippen LogP contribution in [0, 0.1) is 26.7 Å². The average molecular weight is 592 g/mol. The molecule has 6 rings (SSSR count). The van der Waals surface area contributed by atoms with Crippen LogP contribution in [0.5, 0.6) is 0 Å². The van der Waals surface area contributed by atoms with Gasteiger partial charge in [0.05, 0.1) is 11.4 Å². The number of carbonyl (C=O) groups is 1. The van der Waals surface area contributed by atoms with E-state index in [9.17, 15) is 9.59 Å². The van der Waals surface area contributed by atoms with Crippen LogP contribution in [0.2, 0.25) is 0 Å². The molecular formula is C35H37N5O2S. The number of thiocarbonyl (C=S) groups is 1. The molecule has 1 fully saturated rings. The van der Waals surface area contributed by atoms with Crippen molar-refractivity contribution in [1.29, 1.82) is 0 Å². The summed E-state index contributed by atoms with van der Waals surface area (Å²) in [6, 6.07) is 25.7. The van der Waals surface area contributed by atoms with E-state index in [1.807, 2.05) is 66.1 Å². The highest BCUT2D eigenvalue weighted by Gasteiger charge is 2.35. The Balaban J connectivity index is 1.26. The van der Waals surface area contributed by atoms with Crippen LogP contribution in [0.4, 0.5) is 17.1 Å². The van der Waals surface area contributed by atoms with Gasteiger partial charge in [-0.05, 0) is 98.4 Å². The number of carbonyl (C=O) groups excluding carboxylic acids is 1. The van der Waals surface area contributed by atoms with E-state index in [1.165, 1.54) is 16.7 Å². The second kappa shape index (κ2) is 12.1. The Labute approximate surface area is 257 Å². The van der Waals surface area contributed by atoms with E-state index in [0.717, 1.165) is 54.4 Å². The number of anilines is 3. The van der Waals surface area contributed by atoms with E-state index in [0.29, 0.717) is 23.1 Å². The quantitative estimate of drug-likeness (QED) is 0.234. The van der Waals surface area contributed by atoms with Crippen LogP contribution < -0.4 is 26.4 Å². The van der Waals surface area contributed by atoms with Crippen molar-refractivity contribution in [3.05, 3.63) is 123 Å². The molecule has 2 aliphatic heterocycles. The van der Waals surface area contributed by atoms with Gasteiger partial charge in [0.15, 0.2) is 5.11 Å². The molecule has 3 heterocycles. The number of hydrogen-bond acceptors (Lipinski definition) is 4. The number of hydrogen-bond donors (Lipinski definition) is 3. The van der Waals surface area contributed by atoms with Gasteiger partial charge in [-0.3, -0.25) is 9.59 Å². The number of amides is 1. The standard InChI is InChI=1S/C35H37N5O2S/c1-22-7-10-25(11-8-22)18-36-34(42)27-12-14-32(30(17-27)38-35(43)37-29-13-9-23(2)24(3)15-29)39-19-26-16-28(21-39)31-5-4-6-33(41)40(31)20-26/h4-15,17,26,28H,16,18-21H2,1-3H3,(H,36,42)(H2,37,38,43). The third kappa shape index (κ3) is 6.34. The second-order valence-electron chi connectivity index (χ2n) is 11.9. The Kier molecular flexibility index (Phi) is 8.04. The highest BCUT2D eigenvalue weighted by atomic mass is 32.1. The predicted molar refractivity (Wildman–Crippen MR) is 178 cm³/mol. The first kappa shape index (κ1) is 28.7. The van der Waals surface area contributed by atoms with Crippen molar-refractivity contribution >= 4 is 40.3 Å². The topological polar surface area (TPSA) is 78.4 Å². The number of piperidine rings is 1. The number of nitrogens with one attached hydrogen (secondary N) is 3. The molecule has 1 amide bonds. The Morgan fingerprint density at radius 3 is 2.49 bits per heavy atom. The number of aromatic nitrogens is 1. The molecule has 2 atom stereocenters. The van der Waals surface area contributed by atoms with Gasteiger partial charge in [-0.15, -0.1) is 0 Å². The van der Waals surface area contributed by atoms with Crippen molar-refractivity contribution in [2.75, 3.05) is 28.6 Å². The van der Waals surface area contributed by atoms with Crippen molar-refractivity contribution in [2.45, 2.75) is 46.2 Å². The molecule has 1 saturated heterocycles. The van der Waals surface area contributed by atoms with E-state index >= 15 is 0 Å². The minimum absolute atomic E-state index is 0.0757. The first-order chi connectivity index (χ1) is 20.7. The van der Waals surface area contributed by atoms with E-state index in [2.05, 4.69) is 52.9 Å². The first-order valence-electron chi connectivity index (χ1n) is 14.8. The zero-order valence-electron chi connectivity index (χ0n) is 24.8. The number of fused-ring (bicyclic) bond motifs is 4. The lowest BCUT2D eigenvalue weighted by molar-refractivity contribution is 0.0951. The number of pyridine rings is 1. The normalized spacial score (nSPS) is 17.1. The molecule has 220 valence electrons. The highest BCUT2D eigenvalue weighted by molar-refractivity contribution is 7.80. The summed E-state index contributed by atoms with van der Waals surface area (Å²) in [4.78, 5) is 28.2. The van der Waals surface area contributed by atoms with E-state index in [1.54, 1.807) is 6.07 Å². The molecule has 4 aromatic rings. The van der Waals surface area contributed by atoms with Gasteiger partial charge in [0.25, 0.3) is 11.5 Å². The molecule has 1 aromatic heterocycles. The molecule has 43 heavy (non-hydrogen) atoms. The maximum atomic E-state index is 13.3. The van der Waals surface area contributed by atoms with Crippen LogP contribution in [0.25, 0.3) is 0 Å².